The van der Waals surface area contributed by atoms with Gasteiger partial charge in [0.2, 0.25) is 0 Å². The van der Waals surface area contributed by atoms with Crippen molar-refractivity contribution >= 4 is 17.3 Å². The lowest BCUT2D eigenvalue weighted by molar-refractivity contribution is 0.0697. The average Bonchev–Trinajstić information content (AvgIpc) is 2.41. The number of ether oxygens (including phenoxy) is 1. The standard InChI is InChI=1S/C15H14FNO3/c1-9-3-4-10(15(18)19)7-12(9)17-13-8-11(16)5-6-14(13)20-2/h3-8,17H,1-2H3,(H,18,19). The molecular formula is C15H14FNO3. The molecule has 0 aliphatic heterocycles. The number of hydrogen-bond acceptors (Lipinski definition) is 3. The Morgan fingerprint density at radius 3 is 2.60 bits per heavy atom. The first-order chi connectivity index (χ1) is 9.51. The molecule has 0 saturated carbocycles. The summed E-state index contributed by atoms with van der Waals surface area (Å²) in [4.78, 5) is 11.0. The number of carboxylic acid groups (broad SMARTS) is 1. The quantitative estimate of drug-likeness (QED) is 0.895. The molecule has 0 aliphatic carbocycles. The second-order valence-corrected chi connectivity index (χ2v) is 4.30. The highest BCUT2D eigenvalue weighted by Gasteiger charge is 2.09. The molecule has 0 saturated heterocycles. The van der Waals surface area contributed by atoms with Crippen LogP contribution in [-0.4, -0.2) is 18.2 Å². The zero-order valence-corrected chi connectivity index (χ0v) is 11.1. The molecular weight excluding hydrogens is 261 g/mol. The summed E-state index contributed by atoms with van der Waals surface area (Å²) < 4.78 is 18.4. The fourth-order valence-electron chi connectivity index (χ4n) is 1.81. The molecule has 0 spiro atoms. The number of nitrogens with one attached hydrogen (secondary N) is 1. The molecule has 0 unspecified atom stereocenters. The summed E-state index contributed by atoms with van der Waals surface area (Å²) in [5.41, 5.74) is 2.04. The van der Waals surface area contributed by atoms with E-state index in [4.69, 9.17) is 9.84 Å². The van der Waals surface area contributed by atoms with E-state index in [2.05, 4.69) is 5.32 Å². The van der Waals surface area contributed by atoms with Gasteiger partial charge in [0.25, 0.3) is 0 Å². The summed E-state index contributed by atoms with van der Waals surface area (Å²) in [7, 11) is 1.49. The predicted molar refractivity (Wildman–Crippen MR) is 74.4 cm³/mol. The number of aryl methyl sites for hydroxylation is 1. The van der Waals surface area contributed by atoms with Crippen LogP contribution in [0.15, 0.2) is 36.4 Å². The van der Waals surface area contributed by atoms with Crippen LogP contribution in [0.25, 0.3) is 0 Å². The highest BCUT2D eigenvalue weighted by Crippen LogP contribution is 2.30. The van der Waals surface area contributed by atoms with Crippen molar-refractivity contribution < 1.29 is 19.0 Å². The van der Waals surface area contributed by atoms with Crippen molar-refractivity contribution in [2.75, 3.05) is 12.4 Å². The molecule has 5 heteroatoms. The Morgan fingerprint density at radius 1 is 1.20 bits per heavy atom. The minimum absolute atomic E-state index is 0.161. The lowest BCUT2D eigenvalue weighted by Gasteiger charge is -2.13. The Kier molecular flexibility index (Phi) is 3.89. The third kappa shape index (κ3) is 2.88. The van der Waals surface area contributed by atoms with E-state index in [1.807, 2.05) is 6.92 Å². The first kappa shape index (κ1) is 13.9. The number of benzene rings is 2. The molecule has 0 amide bonds. The van der Waals surface area contributed by atoms with Gasteiger partial charge in [0.05, 0.1) is 18.4 Å². The van der Waals surface area contributed by atoms with Crippen LogP contribution in [0.3, 0.4) is 0 Å². The maximum absolute atomic E-state index is 13.3. The molecule has 0 radical (unpaired) electrons. The normalized spacial score (nSPS) is 10.2. The number of rotatable bonds is 4. The summed E-state index contributed by atoms with van der Waals surface area (Å²) in [6.45, 7) is 1.83. The molecule has 0 heterocycles. The first-order valence-electron chi connectivity index (χ1n) is 5.96. The van der Waals surface area contributed by atoms with Gasteiger partial charge in [-0.3, -0.25) is 0 Å². The smallest absolute Gasteiger partial charge is 0.335 e. The Bertz CT molecular complexity index is 656. The van der Waals surface area contributed by atoms with Crippen molar-refractivity contribution in [3.05, 3.63) is 53.3 Å². The number of methoxy groups -OCH3 is 1. The van der Waals surface area contributed by atoms with E-state index in [0.717, 1.165) is 5.56 Å². The van der Waals surface area contributed by atoms with Gasteiger partial charge in [-0.1, -0.05) is 6.07 Å². The van der Waals surface area contributed by atoms with Crippen molar-refractivity contribution in [2.45, 2.75) is 6.92 Å². The van der Waals surface area contributed by atoms with Crippen LogP contribution in [0.1, 0.15) is 15.9 Å². The second kappa shape index (κ2) is 5.61. The van der Waals surface area contributed by atoms with E-state index >= 15 is 0 Å². The van der Waals surface area contributed by atoms with E-state index in [9.17, 15) is 9.18 Å². The molecule has 2 aromatic carbocycles. The highest BCUT2D eigenvalue weighted by atomic mass is 19.1. The van der Waals surface area contributed by atoms with E-state index in [1.165, 1.54) is 37.4 Å². The Hall–Kier alpha value is -2.56. The summed E-state index contributed by atoms with van der Waals surface area (Å²) in [5.74, 6) is -0.939. The molecule has 0 aromatic heterocycles. The molecule has 2 N–H and O–H groups in total. The third-order valence-corrected chi connectivity index (χ3v) is 2.92. The van der Waals surface area contributed by atoms with E-state index in [0.29, 0.717) is 17.1 Å². The van der Waals surface area contributed by atoms with E-state index in [-0.39, 0.29) is 5.56 Å². The lowest BCUT2D eigenvalue weighted by Crippen LogP contribution is -2.01. The SMILES string of the molecule is COc1ccc(F)cc1Nc1cc(C(=O)O)ccc1C. The Labute approximate surface area is 115 Å². The van der Waals surface area contributed by atoms with Gasteiger partial charge in [-0.05, 0) is 36.8 Å². The van der Waals surface area contributed by atoms with Gasteiger partial charge in [-0.15, -0.1) is 0 Å². The molecule has 0 fully saturated rings. The van der Waals surface area contributed by atoms with Gasteiger partial charge in [0, 0.05) is 11.8 Å². The van der Waals surface area contributed by atoms with Gasteiger partial charge < -0.3 is 15.2 Å². The van der Waals surface area contributed by atoms with Crippen LogP contribution in [0, 0.1) is 12.7 Å². The molecule has 2 aromatic rings. The van der Waals surface area contributed by atoms with Crippen molar-refractivity contribution in [1.29, 1.82) is 0 Å². The van der Waals surface area contributed by atoms with Crippen LogP contribution >= 0.6 is 0 Å². The monoisotopic (exact) mass is 275 g/mol. The van der Waals surface area contributed by atoms with Gasteiger partial charge in [-0.2, -0.15) is 0 Å². The van der Waals surface area contributed by atoms with Crippen LogP contribution in [-0.2, 0) is 0 Å². The summed E-state index contributed by atoms with van der Waals surface area (Å²) in [6, 6.07) is 8.82. The fraction of sp³-hybridized carbons (Fsp3) is 0.133. The zero-order chi connectivity index (χ0) is 14.7. The highest BCUT2D eigenvalue weighted by molar-refractivity contribution is 5.89. The molecule has 0 atom stereocenters. The van der Waals surface area contributed by atoms with Crippen molar-refractivity contribution in [2.24, 2.45) is 0 Å². The molecule has 20 heavy (non-hydrogen) atoms. The third-order valence-electron chi connectivity index (χ3n) is 2.92. The first-order valence-corrected chi connectivity index (χ1v) is 5.96. The number of halogens is 1. The van der Waals surface area contributed by atoms with Crippen LogP contribution in [0.2, 0.25) is 0 Å². The minimum atomic E-state index is -1.01. The zero-order valence-electron chi connectivity index (χ0n) is 11.1. The topological polar surface area (TPSA) is 58.6 Å². The summed E-state index contributed by atoms with van der Waals surface area (Å²) >= 11 is 0. The number of anilines is 2. The van der Waals surface area contributed by atoms with Gasteiger partial charge >= 0.3 is 5.97 Å². The van der Waals surface area contributed by atoms with Crippen molar-refractivity contribution in [3.8, 4) is 5.75 Å². The number of hydrogen-bond donors (Lipinski definition) is 2. The van der Waals surface area contributed by atoms with Gasteiger partial charge in [0.15, 0.2) is 0 Å². The number of aromatic carboxylic acids is 1. The van der Waals surface area contributed by atoms with Gasteiger partial charge in [0.1, 0.15) is 11.6 Å². The van der Waals surface area contributed by atoms with Crippen LogP contribution < -0.4 is 10.1 Å². The molecule has 104 valence electrons. The van der Waals surface area contributed by atoms with Crippen LogP contribution in [0.5, 0.6) is 5.75 Å². The average molecular weight is 275 g/mol. The fourth-order valence-corrected chi connectivity index (χ4v) is 1.81. The maximum Gasteiger partial charge on any atom is 0.335 e. The summed E-state index contributed by atoms with van der Waals surface area (Å²) in [6.07, 6.45) is 0. The summed E-state index contributed by atoms with van der Waals surface area (Å²) in [5, 5.41) is 12.0. The number of carboxylic acids is 1. The molecule has 0 aliphatic rings. The lowest BCUT2D eigenvalue weighted by atomic mass is 10.1. The van der Waals surface area contributed by atoms with Gasteiger partial charge in [-0.25, -0.2) is 9.18 Å². The van der Waals surface area contributed by atoms with E-state index < -0.39 is 11.8 Å². The number of carbonyl (C=O) groups is 1. The Balaban J connectivity index is 2.41. The van der Waals surface area contributed by atoms with Crippen molar-refractivity contribution in [1.82, 2.24) is 0 Å². The maximum atomic E-state index is 13.3. The molecule has 2 rings (SSSR count). The Morgan fingerprint density at radius 2 is 1.95 bits per heavy atom. The van der Waals surface area contributed by atoms with Crippen molar-refractivity contribution in [3.63, 3.8) is 0 Å². The molecule has 0 bridgehead atoms. The minimum Gasteiger partial charge on any atom is -0.495 e. The largest absolute Gasteiger partial charge is 0.495 e. The second-order valence-electron chi connectivity index (χ2n) is 4.30. The van der Waals surface area contributed by atoms with E-state index in [1.54, 1.807) is 6.07 Å². The van der Waals surface area contributed by atoms with Crippen LogP contribution in [0.4, 0.5) is 15.8 Å². The predicted octanol–water partition coefficient (Wildman–Crippen LogP) is 3.58. The molecule has 4 nitrogen and oxygen atoms in total.